The minimum absolute atomic E-state index is 0.251. The molecule has 0 saturated heterocycles. The first-order chi connectivity index (χ1) is 14.6. The number of imidazole rings is 1. The van der Waals surface area contributed by atoms with Gasteiger partial charge in [-0.15, -0.1) is 0 Å². The number of anilines is 1. The number of hydrogen-bond acceptors (Lipinski definition) is 3. The Balaban J connectivity index is 1.59. The van der Waals surface area contributed by atoms with Gasteiger partial charge in [0.2, 0.25) is 0 Å². The van der Waals surface area contributed by atoms with Crippen LogP contribution in [0.25, 0.3) is 22.4 Å². The Morgan fingerprint density at radius 2 is 1.63 bits per heavy atom. The average Bonchev–Trinajstić information content (AvgIpc) is 3.18. The van der Waals surface area contributed by atoms with Crippen molar-refractivity contribution < 1.29 is 8.42 Å². The molecule has 30 heavy (non-hydrogen) atoms. The van der Waals surface area contributed by atoms with Crippen molar-refractivity contribution in [2.45, 2.75) is 37.5 Å². The Labute approximate surface area is 177 Å². The standard InChI is InChI=1S/C24H25N3O2S/c1-2-3-4-9-18-14-16-19(17-15-18)30(28,29)27-21-11-6-5-10-20(21)24-25-22-12-7-8-13-23(22)26-24/h5-8,10-17,27H,2-4,9H2,1H3,(H,25,26). The summed E-state index contributed by atoms with van der Waals surface area (Å²) in [6.07, 6.45) is 4.43. The molecule has 0 unspecified atom stereocenters. The summed E-state index contributed by atoms with van der Waals surface area (Å²) in [6, 6.07) is 22.1. The molecule has 0 aliphatic heterocycles. The van der Waals surface area contributed by atoms with Gasteiger partial charge >= 0.3 is 0 Å². The first kappa shape index (κ1) is 20.2. The molecule has 154 valence electrons. The molecule has 5 nitrogen and oxygen atoms in total. The van der Waals surface area contributed by atoms with Crippen molar-refractivity contribution in [3.8, 4) is 11.4 Å². The second kappa shape index (κ2) is 8.71. The van der Waals surface area contributed by atoms with E-state index in [0.29, 0.717) is 17.1 Å². The van der Waals surface area contributed by atoms with E-state index in [1.807, 2.05) is 48.5 Å². The molecule has 0 fully saturated rings. The van der Waals surface area contributed by atoms with E-state index in [2.05, 4.69) is 21.6 Å². The molecule has 0 bridgehead atoms. The molecule has 0 aliphatic carbocycles. The number of fused-ring (bicyclic) bond motifs is 1. The molecule has 6 heteroatoms. The Bertz CT molecular complexity index is 1210. The average molecular weight is 420 g/mol. The van der Waals surface area contributed by atoms with Gasteiger partial charge in [0.05, 0.1) is 21.6 Å². The monoisotopic (exact) mass is 419 g/mol. The highest BCUT2D eigenvalue weighted by molar-refractivity contribution is 7.92. The van der Waals surface area contributed by atoms with Gasteiger partial charge in [0, 0.05) is 5.56 Å². The predicted octanol–water partition coefficient (Wildman–Crippen LogP) is 5.76. The Hall–Kier alpha value is -3.12. The summed E-state index contributed by atoms with van der Waals surface area (Å²) in [6.45, 7) is 2.17. The zero-order chi connectivity index (χ0) is 21.0. The van der Waals surface area contributed by atoms with Crippen LogP contribution < -0.4 is 4.72 Å². The zero-order valence-electron chi connectivity index (χ0n) is 16.9. The topological polar surface area (TPSA) is 74.8 Å². The Kier molecular flexibility index (Phi) is 5.86. The van der Waals surface area contributed by atoms with Gasteiger partial charge in [0.1, 0.15) is 5.82 Å². The highest BCUT2D eigenvalue weighted by Crippen LogP contribution is 2.29. The maximum Gasteiger partial charge on any atom is 0.261 e. The van der Waals surface area contributed by atoms with Gasteiger partial charge in [0.15, 0.2) is 0 Å². The fourth-order valence-electron chi connectivity index (χ4n) is 3.48. The fourth-order valence-corrected chi connectivity index (χ4v) is 4.56. The number of aromatic amines is 1. The summed E-state index contributed by atoms with van der Waals surface area (Å²) in [7, 11) is -3.71. The minimum atomic E-state index is -3.71. The molecule has 4 aromatic rings. The number of aryl methyl sites for hydroxylation is 1. The van der Waals surface area contributed by atoms with Crippen molar-refractivity contribution in [2.75, 3.05) is 4.72 Å². The molecule has 0 radical (unpaired) electrons. The number of sulfonamides is 1. The smallest absolute Gasteiger partial charge is 0.261 e. The molecular weight excluding hydrogens is 394 g/mol. The first-order valence-electron chi connectivity index (χ1n) is 10.2. The molecule has 3 aromatic carbocycles. The Morgan fingerprint density at radius 3 is 2.40 bits per heavy atom. The van der Waals surface area contributed by atoms with Crippen molar-refractivity contribution >= 4 is 26.7 Å². The number of aromatic nitrogens is 2. The van der Waals surface area contributed by atoms with Crippen LogP contribution in [0.4, 0.5) is 5.69 Å². The lowest BCUT2D eigenvalue weighted by atomic mass is 10.1. The van der Waals surface area contributed by atoms with Crippen LogP contribution in [0.2, 0.25) is 0 Å². The lowest BCUT2D eigenvalue weighted by Crippen LogP contribution is -2.13. The zero-order valence-corrected chi connectivity index (χ0v) is 17.7. The normalized spacial score (nSPS) is 11.6. The SMILES string of the molecule is CCCCCc1ccc(S(=O)(=O)Nc2ccccc2-c2nc3ccccc3[nH]2)cc1. The maximum atomic E-state index is 13.0. The second-order valence-electron chi connectivity index (χ2n) is 7.35. The van der Waals surface area contributed by atoms with Crippen LogP contribution in [0.3, 0.4) is 0 Å². The van der Waals surface area contributed by atoms with Gasteiger partial charge in [0.25, 0.3) is 10.0 Å². The maximum absolute atomic E-state index is 13.0. The molecular formula is C24H25N3O2S. The van der Waals surface area contributed by atoms with Crippen LogP contribution in [0, 0.1) is 0 Å². The van der Waals surface area contributed by atoms with E-state index < -0.39 is 10.0 Å². The number of para-hydroxylation sites is 3. The fraction of sp³-hybridized carbons (Fsp3) is 0.208. The quantitative estimate of drug-likeness (QED) is 0.356. The summed E-state index contributed by atoms with van der Waals surface area (Å²) in [5.41, 5.74) is 4.09. The van der Waals surface area contributed by atoms with E-state index in [-0.39, 0.29) is 4.90 Å². The number of rotatable bonds is 8. The van der Waals surface area contributed by atoms with Crippen LogP contribution in [-0.2, 0) is 16.4 Å². The van der Waals surface area contributed by atoms with E-state index in [1.165, 1.54) is 12.8 Å². The van der Waals surface area contributed by atoms with Gasteiger partial charge in [-0.2, -0.15) is 0 Å². The third-order valence-electron chi connectivity index (χ3n) is 5.12. The summed E-state index contributed by atoms with van der Waals surface area (Å²) in [5, 5.41) is 0. The highest BCUT2D eigenvalue weighted by atomic mass is 32.2. The number of nitrogens with zero attached hydrogens (tertiary/aromatic N) is 1. The van der Waals surface area contributed by atoms with Crippen LogP contribution in [0.15, 0.2) is 77.7 Å². The van der Waals surface area contributed by atoms with Crippen LogP contribution in [0.1, 0.15) is 31.7 Å². The molecule has 2 N–H and O–H groups in total. The number of hydrogen-bond donors (Lipinski definition) is 2. The molecule has 4 rings (SSSR count). The molecule has 1 heterocycles. The van der Waals surface area contributed by atoms with Gasteiger partial charge < -0.3 is 4.98 Å². The number of nitrogens with one attached hydrogen (secondary N) is 2. The molecule has 0 atom stereocenters. The van der Waals surface area contributed by atoms with E-state index in [0.717, 1.165) is 29.4 Å². The molecule has 1 aromatic heterocycles. The number of benzene rings is 3. The number of H-pyrrole nitrogens is 1. The van der Waals surface area contributed by atoms with Crippen molar-refractivity contribution in [3.05, 3.63) is 78.4 Å². The van der Waals surface area contributed by atoms with Gasteiger partial charge in [-0.3, -0.25) is 4.72 Å². The third kappa shape index (κ3) is 4.39. The highest BCUT2D eigenvalue weighted by Gasteiger charge is 2.17. The predicted molar refractivity (Wildman–Crippen MR) is 122 cm³/mol. The summed E-state index contributed by atoms with van der Waals surface area (Å²) in [4.78, 5) is 8.12. The van der Waals surface area contributed by atoms with E-state index in [9.17, 15) is 8.42 Å². The molecule has 0 saturated carbocycles. The molecule has 0 spiro atoms. The van der Waals surface area contributed by atoms with Gasteiger partial charge in [-0.25, -0.2) is 13.4 Å². The van der Waals surface area contributed by atoms with Crippen molar-refractivity contribution in [2.24, 2.45) is 0 Å². The number of unbranched alkanes of at least 4 members (excludes halogenated alkanes) is 2. The van der Waals surface area contributed by atoms with Crippen LogP contribution >= 0.6 is 0 Å². The van der Waals surface area contributed by atoms with Gasteiger partial charge in [-0.1, -0.05) is 56.2 Å². The second-order valence-corrected chi connectivity index (χ2v) is 9.04. The largest absolute Gasteiger partial charge is 0.338 e. The van der Waals surface area contributed by atoms with Gasteiger partial charge in [-0.05, 0) is 54.8 Å². The van der Waals surface area contributed by atoms with E-state index in [4.69, 9.17) is 0 Å². The van der Waals surface area contributed by atoms with E-state index >= 15 is 0 Å². The first-order valence-corrected chi connectivity index (χ1v) is 11.7. The van der Waals surface area contributed by atoms with Crippen molar-refractivity contribution in [1.29, 1.82) is 0 Å². The van der Waals surface area contributed by atoms with Crippen LogP contribution in [-0.4, -0.2) is 18.4 Å². The molecule has 0 aliphatic rings. The lowest BCUT2D eigenvalue weighted by molar-refractivity contribution is 0.601. The Morgan fingerprint density at radius 1 is 0.900 bits per heavy atom. The molecule has 0 amide bonds. The third-order valence-corrected chi connectivity index (χ3v) is 6.50. The van der Waals surface area contributed by atoms with Crippen molar-refractivity contribution in [1.82, 2.24) is 9.97 Å². The summed E-state index contributed by atoms with van der Waals surface area (Å²) < 4.78 is 28.7. The van der Waals surface area contributed by atoms with Crippen molar-refractivity contribution in [3.63, 3.8) is 0 Å². The van der Waals surface area contributed by atoms with E-state index in [1.54, 1.807) is 24.3 Å². The summed E-state index contributed by atoms with van der Waals surface area (Å²) in [5.74, 6) is 0.626. The minimum Gasteiger partial charge on any atom is -0.338 e. The van der Waals surface area contributed by atoms with Crippen LogP contribution in [0.5, 0.6) is 0 Å². The lowest BCUT2D eigenvalue weighted by Gasteiger charge is -2.12. The summed E-state index contributed by atoms with van der Waals surface area (Å²) >= 11 is 0.